The van der Waals surface area contributed by atoms with Crippen molar-refractivity contribution in [3.05, 3.63) is 24.0 Å². The zero-order chi connectivity index (χ0) is 13.9. The number of furan rings is 1. The van der Waals surface area contributed by atoms with Gasteiger partial charge in [0.05, 0.1) is 6.26 Å². The number of nitrogens with zero attached hydrogens (tertiary/aromatic N) is 3. The van der Waals surface area contributed by atoms with E-state index in [-0.39, 0.29) is 5.95 Å². The van der Waals surface area contributed by atoms with Crippen LogP contribution in [0.1, 0.15) is 31.2 Å². The molecule has 1 fully saturated rings. The van der Waals surface area contributed by atoms with Crippen LogP contribution < -0.4 is 11.1 Å². The summed E-state index contributed by atoms with van der Waals surface area (Å²) in [5.41, 5.74) is 6.56. The number of hydrogen-bond acceptors (Lipinski definition) is 6. The molecular weight excluding hydrogens is 254 g/mol. The van der Waals surface area contributed by atoms with Crippen LogP contribution in [0.5, 0.6) is 0 Å². The van der Waals surface area contributed by atoms with E-state index in [1.807, 2.05) is 0 Å². The molecule has 1 aliphatic rings. The number of anilines is 2. The topological polar surface area (TPSA) is 101 Å². The van der Waals surface area contributed by atoms with Crippen molar-refractivity contribution in [2.75, 3.05) is 11.1 Å². The molecule has 0 radical (unpaired) electrons. The van der Waals surface area contributed by atoms with Crippen LogP contribution in [0, 0.1) is 11.3 Å². The number of nitrogen functional groups attached to an aromatic ring is 1. The van der Waals surface area contributed by atoms with Gasteiger partial charge in [0, 0.05) is 6.04 Å². The Labute approximate surface area is 116 Å². The lowest BCUT2D eigenvalue weighted by molar-refractivity contribution is 0.579. The molecular formula is C14H15N5O. The highest BCUT2D eigenvalue weighted by atomic mass is 16.3. The van der Waals surface area contributed by atoms with Gasteiger partial charge in [-0.2, -0.15) is 10.2 Å². The molecule has 6 nitrogen and oxygen atoms in total. The van der Waals surface area contributed by atoms with E-state index in [4.69, 9.17) is 10.2 Å². The molecule has 0 atom stereocenters. The Kier molecular flexibility index (Phi) is 3.25. The highest BCUT2D eigenvalue weighted by Gasteiger charge is 2.21. The Morgan fingerprint density at radius 3 is 2.80 bits per heavy atom. The number of nitrogens with one attached hydrogen (secondary N) is 1. The first-order chi connectivity index (χ1) is 9.78. The summed E-state index contributed by atoms with van der Waals surface area (Å²) in [7, 11) is 0. The van der Waals surface area contributed by atoms with Crippen LogP contribution >= 0.6 is 0 Å². The minimum absolute atomic E-state index is 0.135. The Hall–Kier alpha value is -2.55. The molecule has 0 spiro atoms. The van der Waals surface area contributed by atoms with E-state index in [1.54, 1.807) is 18.4 Å². The van der Waals surface area contributed by atoms with Gasteiger partial charge in [0.15, 0.2) is 11.6 Å². The molecule has 0 saturated heterocycles. The number of nitriles is 1. The average molecular weight is 269 g/mol. The third kappa shape index (κ3) is 2.30. The standard InChI is InChI=1S/C14H15N5O/c15-8-10-12(11-6-3-7-20-11)18-14(16)19-13(10)17-9-4-1-2-5-9/h3,6-7,9H,1-2,4-5H2,(H3,16,17,18,19). The fourth-order valence-electron chi connectivity index (χ4n) is 2.54. The van der Waals surface area contributed by atoms with E-state index in [0.717, 1.165) is 12.8 Å². The lowest BCUT2D eigenvalue weighted by Crippen LogP contribution is -2.18. The quantitative estimate of drug-likeness (QED) is 0.888. The van der Waals surface area contributed by atoms with Crippen LogP contribution in [0.4, 0.5) is 11.8 Å². The Bertz CT molecular complexity index is 638. The molecule has 0 bridgehead atoms. The highest BCUT2D eigenvalue weighted by Crippen LogP contribution is 2.29. The molecule has 3 N–H and O–H groups in total. The van der Waals surface area contributed by atoms with E-state index in [9.17, 15) is 5.26 Å². The second-order valence-electron chi connectivity index (χ2n) is 4.87. The SMILES string of the molecule is N#Cc1c(NC2CCCC2)nc(N)nc1-c1ccco1. The van der Waals surface area contributed by atoms with Gasteiger partial charge in [0.1, 0.15) is 17.3 Å². The molecule has 0 aliphatic heterocycles. The van der Waals surface area contributed by atoms with Crippen LogP contribution in [0.25, 0.3) is 11.5 Å². The van der Waals surface area contributed by atoms with Gasteiger partial charge in [-0.05, 0) is 25.0 Å². The third-order valence-electron chi connectivity index (χ3n) is 3.49. The summed E-state index contributed by atoms with van der Waals surface area (Å²) >= 11 is 0. The molecule has 2 aromatic heterocycles. The summed E-state index contributed by atoms with van der Waals surface area (Å²) < 4.78 is 5.32. The number of nitrogens with two attached hydrogens (primary N) is 1. The molecule has 3 rings (SSSR count). The molecule has 102 valence electrons. The number of hydrogen-bond donors (Lipinski definition) is 2. The Balaban J connectivity index is 2.03. The number of rotatable bonds is 3. The van der Waals surface area contributed by atoms with Crippen molar-refractivity contribution < 1.29 is 4.42 Å². The first-order valence-corrected chi connectivity index (χ1v) is 6.66. The Morgan fingerprint density at radius 1 is 1.35 bits per heavy atom. The maximum absolute atomic E-state index is 9.41. The van der Waals surface area contributed by atoms with Crippen LogP contribution in [0.15, 0.2) is 22.8 Å². The van der Waals surface area contributed by atoms with E-state index < -0.39 is 0 Å². The predicted octanol–water partition coefficient (Wildman–Crippen LogP) is 2.54. The summed E-state index contributed by atoms with van der Waals surface area (Å²) in [6.07, 6.45) is 6.12. The third-order valence-corrected chi connectivity index (χ3v) is 3.49. The fraction of sp³-hybridized carbons (Fsp3) is 0.357. The van der Waals surface area contributed by atoms with Crippen LogP contribution in [-0.2, 0) is 0 Å². The molecule has 0 amide bonds. The van der Waals surface area contributed by atoms with Crippen LogP contribution in [-0.4, -0.2) is 16.0 Å². The van der Waals surface area contributed by atoms with E-state index in [1.165, 1.54) is 12.8 Å². The van der Waals surface area contributed by atoms with Gasteiger partial charge in [0.25, 0.3) is 0 Å². The minimum Gasteiger partial charge on any atom is -0.463 e. The summed E-state index contributed by atoms with van der Waals surface area (Å²) in [5.74, 6) is 1.15. The summed E-state index contributed by atoms with van der Waals surface area (Å²) in [6, 6.07) is 6.00. The van der Waals surface area contributed by atoms with Crippen LogP contribution in [0.2, 0.25) is 0 Å². The molecule has 0 aromatic carbocycles. The van der Waals surface area contributed by atoms with Gasteiger partial charge in [-0.15, -0.1) is 0 Å². The normalized spacial score (nSPS) is 15.2. The van der Waals surface area contributed by atoms with Crippen molar-refractivity contribution >= 4 is 11.8 Å². The number of aromatic nitrogens is 2. The van der Waals surface area contributed by atoms with Crippen LogP contribution in [0.3, 0.4) is 0 Å². The van der Waals surface area contributed by atoms with E-state index >= 15 is 0 Å². The smallest absolute Gasteiger partial charge is 0.222 e. The zero-order valence-electron chi connectivity index (χ0n) is 11.0. The van der Waals surface area contributed by atoms with Crippen molar-refractivity contribution in [2.24, 2.45) is 0 Å². The van der Waals surface area contributed by atoms with Gasteiger partial charge in [-0.25, -0.2) is 4.98 Å². The van der Waals surface area contributed by atoms with Gasteiger partial charge in [0.2, 0.25) is 5.95 Å². The molecule has 1 saturated carbocycles. The lowest BCUT2D eigenvalue weighted by atomic mass is 10.1. The van der Waals surface area contributed by atoms with Gasteiger partial charge in [-0.3, -0.25) is 0 Å². The van der Waals surface area contributed by atoms with E-state index in [0.29, 0.717) is 28.9 Å². The van der Waals surface area contributed by atoms with Crippen molar-refractivity contribution in [3.8, 4) is 17.5 Å². The average Bonchev–Trinajstić information content (AvgIpc) is 3.11. The fourth-order valence-corrected chi connectivity index (χ4v) is 2.54. The summed E-state index contributed by atoms with van der Waals surface area (Å²) in [4.78, 5) is 8.30. The Morgan fingerprint density at radius 2 is 2.15 bits per heavy atom. The minimum atomic E-state index is 0.135. The molecule has 0 unspecified atom stereocenters. The molecule has 2 aromatic rings. The monoisotopic (exact) mass is 269 g/mol. The maximum Gasteiger partial charge on any atom is 0.222 e. The first-order valence-electron chi connectivity index (χ1n) is 6.66. The maximum atomic E-state index is 9.41. The van der Waals surface area contributed by atoms with Crippen molar-refractivity contribution in [1.82, 2.24) is 9.97 Å². The van der Waals surface area contributed by atoms with E-state index in [2.05, 4.69) is 21.4 Å². The summed E-state index contributed by atoms with van der Waals surface area (Å²) in [6.45, 7) is 0. The molecule has 6 heteroatoms. The second-order valence-corrected chi connectivity index (χ2v) is 4.87. The molecule has 1 aliphatic carbocycles. The van der Waals surface area contributed by atoms with Gasteiger partial charge >= 0.3 is 0 Å². The largest absolute Gasteiger partial charge is 0.463 e. The van der Waals surface area contributed by atoms with Crippen molar-refractivity contribution in [3.63, 3.8) is 0 Å². The second kappa shape index (κ2) is 5.21. The lowest BCUT2D eigenvalue weighted by Gasteiger charge is -2.15. The van der Waals surface area contributed by atoms with Crippen molar-refractivity contribution in [1.29, 1.82) is 5.26 Å². The van der Waals surface area contributed by atoms with Gasteiger partial charge in [-0.1, -0.05) is 12.8 Å². The molecule has 20 heavy (non-hydrogen) atoms. The summed E-state index contributed by atoms with van der Waals surface area (Å²) in [5, 5.41) is 12.7. The molecule has 2 heterocycles. The first kappa shape index (κ1) is 12.5. The van der Waals surface area contributed by atoms with Gasteiger partial charge < -0.3 is 15.5 Å². The predicted molar refractivity (Wildman–Crippen MR) is 74.7 cm³/mol. The zero-order valence-corrected chi connectivity index (χ0v) is 11.0. The highest BCUT2D eigenvalue weighted by molar-refractivity contribution is 5.71. The van der Waals surface area contributed by atoms with Crippen molar-refractivity contribution in [2.45, 2.75) is 31.7 Å².